The first-order chi connectivity index (χ1) is 11.7. The fourth-order valence-electron chi connectivity index (χ4n) is 4.58. The van der Waals surface area contributed by atoms with Gasteiger partial charge in [-0.25, -0.2) is 9.78 Å². The molecule has 0 radical (unpaired) electrons. The molecule has 4 rings (SSSR count). The van der Waals surface area contributed by atoms with Crippen LogP contribution in [0.4, 0.5) is 10.6 Å². The number of rotatable bonds is 3. The van der Waals surface area contributed by atoms with Crippen LogP contribution in [0.15, 0.2) is 24.4 Å². The lowest BCUT2D eigenvalue weighted by Crippen LogP contribution is -2.49. The first-order valence-electron chi connectivity index (χ1n) is 9.03. The minimum absolute atomic E-state index is 0.167. The van der Waals surface area contributed by atoms with Gasteiger partial charge in [-0.05, 0) is 50.7 Å². The van der Waals surface area contributed by atoms with Gasteiger partial charge in [-0.3, -0.25) is 0 Å². The highest BCUT2D eigenvalue weighted by Crippen LogP contribution is 2.37. The molecule has 3 aliphatic heterocycles. The number of carboxylic acid groups (broad SMARTS) is 1. The van der Waals surface area contributed by atoms with Gasteiger partial charge < -0.3 is 19.6 Å². The van der Waals surface area contributed by atoms with Crippen LogP contribution in [0.25, 0.3) is 0 Å². The zero-order valence-electron chi connectivity index (χ0n) is 13.9. The van der Waals surface area contributed by atoms with Crippen molar-refractivity contribution in [1.29, 1.82) is 0 Å². The van der Waals surface area contributed by atoms with E-state index in [4.69, 9.17) is 4.74 Å². The van der Waals surface area contributed by atoms with Crippen LogP contribution in [0.5, 0.6) is 0 Å². The van der Waals surface area contributed by atoms with Crippen LogP contribution in [-0.2, 0) is 4.74 Å². The Labute approximate surface area is 142 Å². The smallest absolute Gasteiger partial charge is 0.407 e. The van der Waals surface area contributed by atoms with Crippen molar-refractivity contribution in [2.24, 2.45) is 0 Å². The Kier molecular flexibility index (Phi) is 4.31. The molecule has 0 spiro atoms. The minimum atomic E-state index is -0.760. The quantitative estimate of drug-likeness (QED) is 0.922. The number of amides is 1. The summed E-state index contributed by atoms with van der Waals surface area (Å²) in [5.74, 6) is 1.05. The fourth-order valence-corrected chi connectivity index (χ4v) is 4.58. The van der Waals surface area contributed by atoms with Gasteiger partial charge in [0.1, 0.15) is 5.82 Å². The summed E-state index contributed by atoms with van der Waals surface area (Å²) < 4.78 is 6.36. The normalized spacial score (nSPS) is 30.6. The summed E-state index contributed by atoms with van der Waals surface area (Å²) in [7, 11) is 0. The van der Waals surface area contributed by atoms with Crippen molar-refractivity contribution in [3.63, 3.8) is 0 Å². The van der Waals surface area contributed by atoms with Crippen molar-refractivity contribution < 1.29 is 14.6 Å². The van der Waals surface area contributed by atoms with Crippen LogP contribution in [-0.4, -0.2) is 58.5 Å². The molecule has 6 nitrogen and oxygen atoms in total. The lowest BCUT2D eigenvalue weighted by atomic mass is 9.99. The lowest BCUT2D eigenvalue weighted by Gasteiger charge is -2.40. The number of ether oxygens (including phenoxy) is 1. The zero-order valence-corrected chi connectivity index (χ0v) is 13.9. The Hall–Kier alpha value is -1.82. The third kappa shape index (κ3) is 3.07. The number of anilines is 1. The predicted octanol–water partition coefficient (Wildman–Crippen LogP) is 2.74. The molecule has 1 N–H and O–H groups in total. The second-order valence-corrected chi connectivity index (χ2v) is 7.18. The van der Waals surface area contributed by atoms with Gasteiger partial charge in [-0.15, -0.1) is 0 Å². The van der Waals surface area contributed by atoms with Gasteiger partial charge >= 0.3 is 6.09 Å². The van der Waals surface area contributed by atoms with E-state index in [1.807, 2.05) is 18.3 Å². The highest BCUT2D eigenvalue weighted by molar-refractivity contribution is 5.66. The molecule has 24 heavy (non-hydrogen) atoms. The van der Waals surface area contributed by atoms with Gasteiger partial charge in [-0.1, -0.05) is 6.07 Å². The van der Waals surface area contributed by atoms with Crippen LogP contribution in [0.3, 0.4) is 0 Å². The van der Waals surface area contributed by atoms with Gasteiger partial charge in [0.25, 0.3) is 0 Å². The standard InChI is InChI=1S/C18H25N3O3/c22-18(23)21-13-4-5-14(21)12-16(11-13)24-15-6-9-20(10-7-15)17-3-1-2-8-19-17/h1-3,8,13-16H,4-7,9-12H2,(H,22,23)/t13-,14+,16?. The van der Waals surface area contributed by atoms with Gasteiger partial charge in [-0.2, -0.15) is 0 Å². The number of piperidine rings is 2. The summed E-state index contributed by atoms with van der Waals surface area (Å²) in [5, 5.41) is 9.34. The maximum absolute atomic E-state index is 11.4. The summed E-state index contributed by atoms with van der Waals surface area (Å²) in [5.41, 5.74) is 0. The Morgan fingerprint density at radius 1 is 1.08 bits per heavy atom. The molecule has 0 aliphatic carbocycles. The maximum atomic E-state index is 11.4. The molecule has 130 valence electrons. The van der Waals surface area contributed by atoms with Crippen molar-refractivity contribution in [2.45, 2.75) is 62.8 Å². The van der Waals surface area contributed by atoms with E-state index in [1.165, 1.54) is 0 Å². The van der Waals surface area contributed by atoms with Gasteiger partial charge in [0.15, 0.2) is 0 Å². The van der Waals surface area contributed by atoms with Crippen molar-refractivity contribution >= 4 is 11.9 Å². The van der Waals surface area contributed by atoms with Crippen molar-refractivity contribution in [2.75, 3.05) is 18.0 Å². The van der Waals surface area contributed by atoms with E-state index in [-0.39, 0.29) is 18.2 Å². The lowest BCUT2D eigenvalue weighted by molar-refractivity contribution is -0.0632. The van der Waals surface area contributed by atoms with Crippen LogP contribution in [0.1, 0.15) is 38.5 Å². The Morgan fingerprint density at radius 3 is 2.38 bits per heavy atom. The summed E-state index contributed by atoms with van der Waals surface area (Å²) in [6, 6.07) is 6.36. The molecule has 1 amide bonds. The molecule has 2 bridgehead atoms. The highest BCUT2D eigenvalue weighted by atomic mass is 16.5. The Morgan fingerprint density at radius 2 is 1.79 bits per heavy atom. The number of hydrogen-bond acceptors (Lipinski definition) is 4. The molecule has 3 fully saturated rings. The first kappa shape index (κ1) is 15.7. The molecular formula is C18H25N3O3. The van der Waals surface area contributed by atoms with Crippen LogP contribution < -0.4 is 4.90 Å². The van der Waals surface area contributed by atoms with Gasteiger partial charge in [0.2, 0.25) is 0 Å². The molecule has 3 atom stereocenters. The largest absolute Gasteiger partial charge is 0.465 e. The van der Waals surface area contributed by atoms with Crippen LogP contribution in [0, 0.1) is 0 Å². The third-order valence-corrected chi connectivity index (χ3v) is 5.71. The summed E-state index contributed by atoms with van der Waals surface area (Å²) in [6.45, 7) is 1.95. The summed E-state index contributed by atoms with van der Waals surface area (Å²) in [4.78, 5) is 19.8. The van der Waals surface area contributed by atoms with Gasteiger partial charge in [0, 0.05) is 31.4 Å². The number of fused-ring (bicyclic) bond motifs is 2. The van der Waals surface area contributed by atoms with Crippen LogP contribution >= 0.6 is 0 Å². The molecule has 1 aromatic rings. The average molecular weight is 331 g/mol. The van der Waals surface area contributed by atoms with Crippen LogP contribution in [0.2, 0.25) is 0 Å². The molecule has 6 heteroatoms. The second kappa shape index (κ2) is 6.59. The summed E-state index contributed by atoms with van der Waals surface area (Å²) >= 11 is 0. The van der Waals surface area contributed by atoms with E-state index >= 15 is 0 Å². The molecule has 4 heterocycles. The highest BCUT2D eigenvalue weighted by Gasteiger charge is 2.44. The number of aromatic nitrogens is 1. The SMILES string of the molecule is O=C(O)N1[C@@H]2CC[C@H]1CC(OC1CCN(c3ccccn3)CC1)C2. The van der Waals surface area contributed by atoms with E-state index in [0.717, 1.165) is 57.4 Å². The maximum Gasteiger partial charge on any atom is 0.407 e. The van der Waals surface area contributed by atoms with Crippen molar-refractivity contribution in [3.8, 4) is 0 Å². The average Bonchev–Trinajstić information content (AvgIpc) is 2.88. The zero-order chi connectivity index (χ0) is 16.5. The second-order valence-electron chi connectivity index (χ2n) is 7.18. The number of carbonyl (C=O) groups is 1. The fraction of sp³-hybridized carbons (Fsp3) is 0.667. The topological polar surface area (TPSA) is 65.9 Å². The number of hydrogen-bond donors (Lipinski definition) is 1. The van der Waals surface area contributed by atoms with Gasteiger partial charge in [0.05, 0.1) is 12.2 Å². The molecular weight excluding hydrogens is 306 g/mol. The minimum Gasteiger partial charge on any atom is -0.465 e. The van der Waals surface area contributed by atoms with E-state index in [1.54, 1.807) is 4.90 Å². The van der Waals surface area contributed by atoms with E-state index in [0.29, 0.717) is 6.10 Å². The third-order valence-electron chi connectivity index (χ3n) is 5.71. The summed E-state index contributed by atoms with van der Waals surface area (Å²) in [6.07, 6.45) is 7.36. The Bertz CT molecular complexity index is 560. The number of nitrogens with zero attached hydrogens (tertiary/aromatic N) is 3. The molecule has 1 unspecified atom stereocenters. The van der Waals surface area contributed by atoms with E-state index in [2.05, 4.69) is 16.0 Å². The van der Waals surface area contributed by atoms with E-state index in [9.17, 15) is 9.90 Å². The van der Waals surface area contributed by atoms with E-state index < -0.39 is 6.09 Å². The molecule has 0 aromatic carbocycles. The van der Waals surface area contributed by atoms with Crippen molar-refractivity contribution in [1.82, 2.24) is 9.88 Å². The monoisotopic (exact) mass is 331 g/mol. The Balaban J connectivity index is 1.29. The predicted molar refractivity (Wildman–Crippen MR) is 90.3 cm³/mol. The molecule has 1 aromatic heterocycles. The first-order valence-corrected chi connectivity index (χ1v) is 9.03. The van der Waals surface area contributed by atoms with Crippen molar-refractivity contribution in [3.05, 3.63) is 24.4 Å². The molecule has 0 saturated carbocycles. The molecule has 3 saturated heterocycles. The number of pyridine rings is 1. The molecule has 3 aliphatic rings.